The fraction of sp³-hybridized carbons (Fsp3) is 0.294. The van der Waals surface area contributed by atoms with E-state index in [0.717, 1.165) is 4.68 Å². The van der Waals surface area contributed by atoms with Crippen molar-refractivity contribution in [3.05, 3.63) is 53.2 Å². The van der Waals surface area contributed by atoms with Crippen LogP contribution in [0.2, 0.25) is 0 Å². The highest BCUT2D eigenvalue weighted by molar-refractivity contribution is 5.92. The highest BCUT2D eigenvalue weighted by Crippen LogP contribution is 2.28. The van der Waals surface area contributed by atoms with Crippen molar-refractivity contribution in [1.29, 1.82) is 0 Å². The van der Waals surface area contributed by atoms with Crippen LogP contribution in [0.3, 0.4) is 0 Å². The van der Waals surface area contributed by atoms with Gasteiger partial charge in [-0.3, -0.25) is 9.48 Å². The number of hydrogen-bond donors (Lipinski definition) is 2. The van der Waals surface area contributed by atoms with Crippen molar-refractivity contribution in [1.82, 2.24) is 25.2 Å². The predicted octanol–water partition coefficient (Wildman–Crippen LogP) is 2.47. The van der Waals surface area contributed by atoms with Gasteiger partial charge in [-0.05, 0) is 18.6 Å². The minimum Gasteiger partial charge on any atom is -0.392 e. The maximum atomic E-state index is 12.7. The first-order chi connectivity index (χ1) is 13.2. The second-order valence-electron chi connectivity index (χ2n) is 6.05. The largest absolute Gasteiger partial charge is 0.435 e. The molecule has 8 nitrogen and oxygen atoms in total. The third kappa shape index (κ3) is 4.03. The van der Waals surface area contributed by atoms with Crippen LogP contribution in [0.15, 0.2) is 34.9 Å². The number of nitrogens with zero attached hydrogens (tertiary/aromatic N) is 4. The molecule has 0 radical (unpaired) electrons. The molecule has 28 heavy (non-hydrogen) atoms. The van der Waals surface area contributed by atoms with Crippen LogP contribution in [0.5, 0.6) is 0 Å². The van der Waals surface area contributed by atoms with Crippen LogP contribution in [0, 0.1) is 0 Å². The summed E-state index contributed by atoms with van der Waals surface area (Å²) in [5, 5.41) is 18.8. The average Bonchev–Trinajstić information content (AvgIpc) is 3.28. The lowest BCUT2D eigenvalue weighted by Gasteiger charge is -2.09. The van der Waals surface area contributed by atoms with E-state index in [1.807, 2.05) is 0 Å². The molecule has 0 fully saturated rings. The average molecular weight is 395 g/mol. The zero-order valence-electron chi connectivity index (χ0n) is 14.9. The van der Waals surface area contributed by atoms with E-state index in [-0.39, 0.29) is 24.0 Å². The number of hydrogen-bond acceptors (Lipinski definition) is 6. The molecule has 0 aliphatic heterocycles. The molecular formula is C17H16F3N5O3. The number of amides is 1. The molecular weight excluding hydrogens is 379 g/mol. The van der Waals surface area contributed by atoms with Gasteiger partial charge in [-0.1, -0.05) is 23.4 Å². The number of aliphatic hydroxyl groups is 1. The molecule has 3 aromatic rings. The Bertz CT molecular complexity index is 996. The molecule has 0 aliphatic rings. The zero-order valence-corrected chi connectivity index (χ0v) is 14.9. The Hall–Kier alpha value is -3.21. The minimum absolute atomic E-state index is 0.0796. The summed E-state index contributed by atoms with van der Waals surface area (Å²) >= 11 is 0. The number of nitrogens with one attached hydrogen (secondary N) is 1. The van der Waals surface area contributed by atoms with E-state index >= 15 is 0 Å². The van der Waals surface area contributed by atoms with Crippen molar-refractivity contribution in [2.75, 3.05) is 0 Å². The van der Waals surface area contributed by atoms with E-state index in [4.69, 9.17) is 4.52 Å². The van der Waals surface area contributed by atoms with Crippen LogP contribution in [0.4, 0.5) is 13.2 Å². The third-order valence-corrected chi connectivity index (χ3v) is 3.93. The van der Waals surface area contributed by atoms with E-state index in [9.17, 15) is 23.1 Å². The first kappa shape index (κ1) is 19.5. The van der Waals surface area contributed by atoms with E-state index < -0.39 is 23.8 Å². The van der Waals surface area contributed by atoms with Crippen LogP contribution in [0.25, 0.3) is 11.4 Å². The van der Waals surface area contributed by atoms with Crippen molar-refractivity contribution in [2.24, 2.45) is 7.05 Å². The number of halogens is 3. The van der Waals surface area contributed by atoms with Gasteiger partial charge in [0.2, 0.25) is 11.7 Å². The summed E-state index contributed by atoms with van der Waals surface area (Å²) in [6.07, 6.45) is -4.65. The Morgan fingerprint density at radius 2 is 2.11 bits per heavy atom. The lowest BCUT2D eigenvalue weighted by atomic mass is 10.1. The van der Waals surface area contributed by atoms with Gasteiger partial charge in [0.05, 0.1) is 6.61 Å². The Balaban J connectivity index is 1.75. The molecule has 2 aromatic heterocycles. The molecule has 1 atom stereocenters. The van der Waals surface area contributed by atoms with E-state index in [2.05, 4.69) is 20.6 Å². The first-order valence-corrected chi connectivity index (χ1v) is 8.15. The van der Waals surface area contributed by atoms with Gasteiger partial charge in [0, 0.05) is 18.7 Å². The molecule has 1 amide bonds. The molecule has 0 saturated carbocycles. The number of rotatable bonds is 5. The molecule has 148 valence electrons. The molecule has 0 saturated heterocycles. The highest BCUT2D eigenvalue weighted by atomic mass is 19.4. The van der Waals surface area contributed by atoms with Crippen LogP contribution < -0.4 is 5.32 Å². The van der Waals surface area contributed by atoms with Gasteiger partial charge in [-0.25, -0.2) is 0 Å². The lowest BCUT2D eigenvalue weighted by Crippen LogP contribution is -2.28. The maximum Gasteiger partial charge on any atom is 0.435 e. The normalized spacial score (nSPS) is 12.8. The molecule has 1 unspecified atom stereocenters. The molecule has 0 aliphatic carbocycles. The first-order valence-electron chi connectivity index (χ1n) is 8.15. The molecule has 2 N–H and O–H groups in total. The molecule has 1 aromatic carbocycles. The summed E-state index contributed by atoms with van der Waals surface area (Å²) in [7, 11) is 1.24. The maximum absolute atomic E-state index is 12.7. The van der Waals surface area contributed by atoms with Crippen molar-refractivity contribution in [3.63, 3.8) is 0 Å². The Labute approximate surface area is 157 Å². The summed E-state index contributed by atoms with van der Waals surface area (Å²) in [6, 6.07) is 6.79. The van der Waals surface area contributed by atoms with E-state index in [1.165, 1.54) is 7.05 Å². The van der Waals surface area contributed by atoms with Crippen LogP contribution in [-0.4, -0.2) is 30.9 Å². The number of benzene rings is 1. The molecule has 0 bridgehead atoms. The van der Waals surface area contributed by atoms with Gasteiger partial charge in [0.25, 0.3) is 5.91 Å². The van der Waals surface area contributed by atoms with Crippen molar-refractivity contribution in [3.8, 4) is 11.4 Å². The Kier molecular flexibility index (Phi) is 5.18. The van der Waals surface area contributed by atoms with Crippen LogP contribution >= 0.6 is 0 Å². The fourth-order valence-corrected chi connectivity index (χ4v) is 2.49. The SMILES string of the molecule is CC(NC(=O)c1cc(C(F)(F)F)nn1C)c1nc(-c2cccc(CO)c2)no1. The van der Waals surface area contributed by atoms with Gasteiger partial charge < -0.3 is 14.9 Å². The second-order valence-corrected chi connectivity index (χ2v) is 6.05. The van der Waals surface area contributed by atoms with Gasteiger partial charge in [0.15, 0.2) is 5.69 Å². The number of carbonyl (C=O) groups is 1. The zero-order chi connectivity index (χ0) is 20.5. The van der Waals surface area contributed by atoms with Crippen LogP contribution in [0.1, 0.15) is 40.6 Å². The lowest BCUT2D eigenvalue weighted by molar-refractivity contribution is -0.141. The van der Waals surface area contributed by atoms with E-state index in [1.54, 1.807) is 31.2 Å². The standard InChI is InChI=1S/C17H16F3N5O3/c1-9(21-15(27)12-7-13(17(18,19)20)23-25(12)2)16-22-14(24-28-16)11-5-3-4-10(6-11)8-26/h3-7,9,26H,8H2,1-2H3,(H,21,27). The number of aryl methyl sites for hydroxylation is 1. The number of carbonyl (C=O) groups excluding carboxylic acids is 1. The van der Waals surface area contributed by atoms with Gasteiger partial charge >= 0.3 is 6.18 Å². The Morgan fingerprint density at radius 3 is 2.75 bits per heavy atom. The number of alkyl halides is 3. The summed E-state index contributed by atoms with van der Waals surface area (Å²) in [5.41, 5.74) is -0.130. The molecule has 11 heteroatoms. The van der Waals surface area contributed by atoms with Gasteiger partial charge in [-0.15, -0.1) is 0 Å². The van der Waals surface area contributed by atoms with E-state index in [0.29, 0.717) is 17.2 Å². The third-order valence-electron chi connectivity index (χ3n) is 3.93. The minimum atomic E-state index is -4.65. The molecule has 0 spiro atoms. The second kappa shape index (κ2) is 7.43. The van der Waals surface area contributed by atoms with Crippen LogP contribution in [-0.2, 0) is 19.8 Å². The summed E-state index contributed by atoms with van der Waals surface area (Å²) in [6.45, 7) is 1.41. The number of aromatic nitrogens is 4. The van der Waals surface area contributed by atoms with Gasteiger partial charge in [0.1, 0.15) is 11.7 Å². The van der Waals surface area contributed by atoms with Gasteiger partial charge in [-0.2, -0.15) is 23.3 Å². The predicted molar refractivity (Wildman–Crippen MR) is 89.7 cm³/mol. The van der Waals surface area contributed by atoms with Crippen molar-refractivity contribution in [2.45, 2.75) is 25.7 Å². The topological polar surface area (TPSA) is 106 Å². The quantitative estimate of drug-likeness (QED) is 0.688. The smallest absolute Gasteiger partial charge is 0.392 e. The highest BCUT2D eigenvalue weighted by Gasteiger charge is 2.35. The summed E-state index contributed by atoms with van der Waals surface area (Å²) in [4.78, 5) is 16.5. The fourth-order valence-electron chi connectivity index (χ4n) is 2.49. The number of aliphatic hydroxyl groups excluding tert-OH is 1. The Morgan fingerprint density at radius 1 is 1.36 bits per heavy atom. The van der Waals surface area contributed by atoms with Crippen molar-refractivity contribution >= 4 is 5.91 Å². The molecule has 3 rings (SSSR count). The molecule has 2 heterocycles. The van der Waals surface area contributed by atoms with Crippen molar-refractivity contribution < 1.29 is 27.6 Å². The summed E-state index contributed by atoms with van der Waals surface area (Å²) < 4.78 is 44.2. The summed E-state index contributed by atoms with van der Waals surface area (Å²) in [5.74, 6) is -0.428. The monoisotopic (exact) mass is 395 g/mol.